The van der Waals surface area contributed by atoms with Crippen molar-refractivity contribution in [3.8, 4) is 0 Å². The fraction of sp³-hybridized carbons (Fsp3) is 0.556. The summed E-state index contributed by atoms with van der Waals surface area (Å²) in [4.78, 5) is 26.5. The minimum absolute atomic E-state index is 0.0299. The summed E-state index contributed by atoms with van der Waals surface area (Å²) in [6.45, 7) is 5.69. The van der Waals surface area contributed by atoms with Crippen LogP contribution >= 0.6 is 0 Å². The van der Waals surface area contributed by atoms with E-state index in [2.05, 4.69) is 20.9 Å². The first-order valence-electron chi connectivity index (χ1n) is 8.81. The largest absolute Gasteiger partial charge is 0.355 e. The second-order valence-electron chi connectivity index (χ2n) is 6.53. The van der Waals surface area contributed by atoms with Gasteiger partial charge in [-0.1, -0.05) is 18.2 Å². The van der Waals surface area contributed by atoms with Crippen molar-refractivity contribution < 1.29 is 9.59 Å². The maximum atomic E-state index is 12.1. The quantitative estimate of drug-likeness (QED) is 0.714. The topological polar surface area (TPSA) is 73.5 Å². The Hall–Kier alpha value is -1.92. The third-order valence-electron chi connectivity index (χ3n) is 4.79. The number of anilines is 1. The van der Waals surface area contributed by atoms with Crippen LogP contribution < -0.4 is 16.0 Å². The van der Waals surface area contributed by atoms with Crippen LogP contribution in [0, 0.1) is 5.92 Å². The molecule has 2 amide bonds. The molecule has 1 fully saturated rings. The van der Waals surface area contributed by atoms with E-state index in [0.29, 0.717) is 19.4 Å². The molecular formula is C18H26N4O2. The molecule has 1 aromatic rings. The van der Waals surface area contributed by atoms with Crippen LogP contribution in [0.1, 0.15) is 18.4 Å². The lowest BCUT2D eigenvalue weighted by atomic mass is 9.89. The number of para-hydroxylation sites is 1. The Morgan fingerprint density at radius 3 is 2.88 bits per heavy atom. The standard InChI is InChI=1S/C18H26N4O2/c23-17(20-9-12-22-10-7-19-8-11-22)6-5-15-13-14-3-1-2-4-16(14)21-18(15)24/h1-4,15,19H,5-13H2,(H,20,23)(H,21,24). The first kappa shape index (κ1) is 16.9. The minimum atomic E-state index is -0.112. The molecule has 0 aliphatic carbocycles. The van der Waals surface area contributed by atoms with Crippen LogP contribution in [0.3, 0.4) is 0 Å². The zero-order valence-corrected chi connectivity index (χ0v) is 14.0. The molecule has 0 saturated carbocycles. The number of piperazine rings is 1. The summed E-state index contributed by atoms with van der Waals surface area (Å²) in [6.07, 6.45) is 1.72. The highest BCUT2D eigenvalue weighted by molar-refractivity contribution is 5.96. The highest BCUT2D eigenvalue weighted by atomic mass is 16.2. The van der Waals surface area contributed by atoms with Gasteiger partial charge in [0.15, 0.2) is 0 Å². The monoisotopic (exact) mass is 330 g/mol. The number of rotatable bonds is 6. The van der Waals surface area contributed by atoms with Gasteiger partial charge in [0, 0.05) is 57.3 Å². The van der Waals surface area contributed by atoms with Crippen LogP contribution in [-0.4, -0.2) is 56.0 Å². The van der Waals surface area contributed by atoms with Crippen LogP contribution in [0.5, 0.6) is 0 Å². The molecule has 0 bridgehead atoms. The Bertz CT molecular complexity index is 584. The van der Waals surface area contributed by atoms with E-state index in [4.69, 9.17) is 0 Å². The van der Waals surface area contributed by atoms with E-state index in [9.17, 15) is 9.59 Å². The fourth-order valence-electron chi connectivity index (χ4n) is 3.33. The van der Waals surface area contributed by atoms with Gasteiger partial charge in [-0.05, 0) is 24.5 Å². The van der Waals surface area contributed by atoms with Gasteiger partial charge in [0.1, 0.15) is 0 Å². The SMILES string of the molecule is O=C(CCC1Cc2ccccc2NC1=O)NCCN1CCNCC1. The van der Waals surface area contributed by atoms with E-state index in [1.54, 1.807) is 0 Å². The van der Waals surface area contributed by atoms with Crippen molar-refractivity contribution in [2.75, 3.05) is 44.6 Å². The van der Waals surface area contributed by atoms with Crippen molar-refractivity contribution in [2.24, 2.45) is 5.92 Å². The fourth-order valence-corrected chi connectivity index (χ4v) is 3.33. The van der Waals surface area contributed by atoms with Crippen LogP contribution in [0.4, 0.5) is 5.69 Å². The molecule has 0 spiro atoms. The lowest BCUT2D eigenvalue weighted by Gasteiger charge is -2.27. The number of nitrogens with one attached hydrogen (secondary N) is 3. The van der Waals surface area contributed by atoms with E-state index in [1.807, 2.05) is 24.3 Å². The normalized spacial score (nSPS) is 21.0. The average molecular weight is 330 g/mol. The zero-order valence-electron chi connectivity index (χ0n) is 14.0. The number of benzene rings is 1. The first-order chi connectivity index (χ1) is 11.7. The molecule has 0 radical (unpaired) electrons. The van der Waals surface area contributed by atoms with E-state index in [1.165, 1.54) is 0 Å². The lowest BCUT2D eigenvalue weighted by molar-refractivity contribution is -0.122. The molecule has 1 aromatic carbocycles. The summed E-state index contributed by atoms with van der Waals surface area (Å²) in [7, 11) is 0. The number of amides is 2. The maximum Gasteiger partial charge on any atom is 0.227 e. The van der Waals surface area contributed by atoms with Crippen LogP contribution in [0.25, 0.3) is 0 Å². The molecule has 3 rings (SSSR count). The minimum Gasteiger partial charge on any atom is -0.355 e. The second-order valence-corrected chi connectivity index (χ2v) is 6.53. The summed E-state index contributed by atoms with van der Waals surface area (Å²) in [5.41, 5.74) is 2.06. The predicted octanol–water partition coefficient (Wildman–Crippen LogP) is 0.599. The molecule has 0 aromatic heterocycles. The third kappa shape index (κ3) is 4.55. The molecular weight excluding hydrogens is 304 g/mol. The van der Waals surface area contributed by atoms with E-state index >= 15 is 0 Å². The highest BCUT2D eigenvalue weighted by Crippen LogP contribution is 2.27. The first-order valence-corrected chi connectivity index (χ1v) is 8.81. The third-order valence-corrected chi connectivity index (χ3v) is 4.79. The highest BCUT2D eigenvalue weighted by Gasteiger charge is 2.26. The Morgan fingerprint density at radius 1 is 1.25 bits per heavy atom. The number of fused-ring (bicyclic) bond motifs is 1. The summed E-state index contributed by atoms with van der Waals surface area (Å²) in [5.74, 6) is -0.0436. The van der Waals surface area contributed by atoms with Gasteiger partial charge in [0.25, 0.3) is 0 Å². The van der Waals surface area contributed by atoms with Gasteiger partial charge in [-0.2, -0.15) is 0 Å². The van der Waals surface area contributed by atoms with Crippen molar-refractivity contribution in [2.45, 2.75) is 19.3 Å². The molecule has 1 atom stereocenters. The zero-order chi connectivity index (χ0) is 16.8. The molecule has 2 heterocycles. The van der Waals surface area contributed by atoms with E-state index in [0.717, 1.165) is 50.4 Å². The van der Waals surface area contributed by atoms with Gasteiger partial charge < -0.3 is 16.0 Å². The van der Waals surface area contributed by atoms with Crippen molar-refractivity contribution in [3.63, 3.8) is 0 Å². The lowest BCUT2D eigenvalue weighted by Crippen LogP contribution is -2.46. The van der Waals surface area contributed by atoms with Crippen molar-refractivity contribution >= 4 is 17.5 Å². The molecule has 1 saturated heterocycles. The van der Waals surface area contributed by atoms with E-state index in [-0.39, 0.29) is 17.7 Å². The van der Waals surface area contributed by atoms with Crippen molar-refractivity contribution in [1.82, 2.24) is 15.5 Å². The summed E-state index contributed by atoms with van der Waals surface area (Å²) < 4.78 is 0. The predicted molar refractivity (Wildman–Crippen MR) is 93.8 cm³/mol. The van der Waals surface area contributed by atoms with Gasteiger partial charge in [0.2, 0.25) is 11.8 Å². The van der Waals surface area contributed by atoms with Crippen molar-refractivity contribution in [3.05, 3.63) is 29.8 Å². The van der Waals surface area contributed by atoms with Crippen molar-refractivity contribution in [1.29, 1.82) is 0 Å². The molecule has 6 heteroatoms. The molecule has 24 heavy (non-hydrogen) atoms. The number of hydrogen-bond acceptors (Lipinski definition) is 4. The molecule has 1 unspecified atom stereocenters. The Balaban J connectivity index is 1.37. The summed E-state index contributed by atoms with van der Waals surface area (Å²) >= 11 is 0. The Kier molecular flexibility index (Phi) is 5.82. The smallest absolute Gasteiger partial charge is 0.227 e. The number of carbonyl (C=O) groups is 2. The summed E-state index contributed by atoms with van der Waals surface area (Å²) in [6, 6.07) is 7.86. The summed E-state index contributed by atoms with van der Waals surface area (Å²) in [5, 5.41) is 9.22. The second kappa shape index (κ2) is 8.26. The molecule has 3 N–H and O–H groups in total. The Labute approximate surface area is 143 Å². The average Bonchev–Trinajstić information content (AvgIpc) is 2.61. The molecule has 2 aliphatic rings. The molecule has 6 nitrogen and oxygen atoms in total. The van der Waals surface area contributed by atoms with E-state index < -0.39 is 0 Å². The Morgan fingerprint density at radius 2 is 2.04 bits per heavy atom. The van der Waals surface area contributed by atoms with Crippen LogP contribution in [0.2, 0.25) is 0 Å². The van der Waals surface area contributed by atoms with Gasteiger partial charge >= 0.3 is 0 Å². The van der Waals surface area contributed by atoms with Crippen LogP contribution in [0.15, 0.2) is 24.3 Å². The van der Waals surface area contributed by atoms with Crippen LogP contribution in [-0.2, 0) is 16.0 Å². The maximum absolute atomic E-state index is 12.1. The molecule has 130 valence electrons. The van der Waals surface area contributed by atoms with Gasteiger partial charge in [-0.15, -0.1) is 0 Å². The number of hydrogen-bond donors (Lipinski definition) is 3. The van der Waals surface area contributed by atoms with Gasteiger partial charge in [-0.3, -0.25) is 14.5 Å². The van der Waals surface area contributed by atoms with Gasteiger partial charge in [-0.25, -0.2) is 0 Å². The van der Waals surface area contributed by atoms with Gasteiger partial charge in [0.05, 0.1) is 0 Å². The molecule has 2 aliphatic heterocycles. The number of nitrogens with zero attached hydrogens (tertiary/aromatic N) is 1. The number of carbonyl (C=O) groups excluding carboxylic acids is 2.